The molecule has 1 heterocycles. The fourth-order valence-electron chi connectivity index (χ4n) is 2.34. The highest BCUT2D eigenvalue weighted by atomic mass is 19.4. The molecule has 1 aromatic carbocycles. The molecule has 0 unspecified atom stereocenters. The summed E-state index contributed by atoms with van der Waals surface area (Å²) in [7, 11) is 1.54. The van der Waals surface area contributed by atoms with Crippen molar-refractivity contribution in [1.29, 1.82) is 0 Å². The van der Waals surface area contributed by atoms with E-state index in [2.05, 4.69) is 23.8 Å². The lowest BCUT2D eigenvalue weighted by molar-refractivity contribution is -0.137. The Hall–Kier alpha value is -2.31. The molecule has 0 N–H and O–H groups in total. The lowest BCUT2D eigenvalue weighted by Gasteiger charge is -2.25. The summed E-state index contributed by atoms with van der Waals surface area (Å²) in [5.74, 6) is 0.0926. The molecule has 26 heavy (non-hydrogen) atoms. The normalized spacial score (nSPS) is 12.4. The summed E-state index contributed by atoms with van der Waals surface area (Å²) in [5.41, 5.74) is 0.182. The van der Waals surface area contributed by atoms with Crippen LogP contribution in [0.15, 0.2) is 30.5 Å². The first-order valence-corrected chi connectivity index (χ1v) is 8.35. The summed E-state index contributed by atoms with van der Waals surface area (Å²) in [6, 6.07) is 7.27. The van der Waals surface area contributed by atoms with Crippen LogP contribution in [0.1, 0.15) is 51.7 Å². The minimum absolute atomic E-state index is 0.0915. The van der Waals surface area contributed by atoms with Crippen molar-refractivity contribution in [3.05, 3.63) is 41.6 Å². The molecule has 0 aliphatic heterocycles. The lowest BCUT2D eigenvalue weighted by atomic mass is 10.0. The number of aromatic nitrogens is 2. The zero-order valence-electron chi connectivity index (χ0n) is 15.8. The molecule has 2 aromatic rings. The lowest BCUT2D eigenvalue weighted by Crippen LogP contribution is -2.26. The van der Waals surface area contributed by atoms with Crippen molar-refractivity contribution < 1.29 is 17.9 Å². The maximum atomic E-state index is 13.4. The van der Waals surface area contributed by atoms with Gasteiger partial charge in [0.25, 0.3) is 0 Å². The fraction of sp³-hybridized carbons (Fsp3) is 0.474. The van der Waals surface area contributed by atoms with Gasteiger partial charge in [-0.25, -0.2) is 4.98 Å². The first-order valence-electron chi connectivity index (χ1n) is 8.35. The van der Waals surface area contributed by atoms with Gasteiger partial charge in [0.15, 0.2) is 5.82 Å². The van der Waals surface area contributed by atoms with Gasteiger partial charge in [0.05, 0.1) is 0 Å². The average Bonchev–Trinajstić information content (AvgIpc) is 2.51. The van der Waals surface area contributed by atoms with Gasteiger partial charge in [0.2, 0.25) is 0 Å². The van der Waals surface area contributed by atoms with Crippen molar-refractivity contribution >= 4 is 11.5 Å². The van der Waals surface area contributed by atoms with Gasteiger partial charge in [-0.05, 0) is 44.4 Å². The van der Waals surface area contributed by atoms with E-state index in [1.54, 1.807) is 40.0 Å². The minimum Gasteiger partial charge on any atom is -0.458 e. The number of rotatable bonds is 4. The number of nitrogens with zero attached hydrogens (tertiary/aromatic N) is 3. The van der Waals surface area contributed by atoms with Gasteiger partial charge < -0.3 is 9.64 Å². The second-order valence-electron chi connectivity index (χ2n) is 7.41. The Morgan fingerprint density at radius 1 is 1.04 bits per heavy atom. The first-order chi connectivity index (χ1) is 11.9. The Balaban J connectivity index is 2.47. The Morgan fingerprint density at radius 2 is 1.62 bits per heavy atom. The smallest absolute Gasteiger partial charge is 0.421 e. The van der Waals surface area contributed by atoms with E-state index >= 15 is 0 Å². The highest BCUT2D eigenvalue weighted by molar-refractivity contribution is 5.63. The standard InChI is InChI=1S/C19H24F3N3O/c1-12(2)13-7-9-14(10-8-13)25(6)16-15(19(20,21)22)11-23-17(24-16)26-18(3,4)5/h7-12H,1-6H3. The van der Waals surface area contributed by atoms with E-state index in [9.17, 15) is 13.2 Å². The summed E-state index contributed by atoms with van der Waals surface area (Å²) in [6.07, 6.45) is -3.80. The zero-order valence-corrected chi connectivity index (χ0v) is 15.8. The second kappa shape index (κ2) is 7.13. The SMILES string of the molecule is CC(C)c1ccc(N(C)c2nc(OC(C)(C)C)ncc2C(F)(F)F)cc1. The van der Waals surface area contributed by atoms with Gasteiger partial charge in [0, 0.05) is 18.9 Å². The van der Waals surface area contributed by atoms with Crippen LogP contribution in [0.2, 0.25) is 0 Å². The molecule has 0 saturated carbocycles. The summed E-state index contributed by atoms with van der Waals surface area (Å²) in [6.45, 7) is 9.45. The third-order valence-corrected chi connectivity index (χ3v) is 3.71. The molecule has 0 saturated heterocycles. The van der Waals surface area contributed by atoms with E-state index in [1.807, 2.05) is 12.1 Å². The Morgan fingerprint density at radius 3 is 2.08 bits per heavy atom. The van der Waals surface area contributed by atoms with Crippen LogP contribution in [0.25, 0.3) is 0 Å². The molecule has 1 aromatic heterocycles. The molecule has 0 fully saturated rings. The van der Waals surface area contributed by atoms with Gasteiger partial charge in [-0.15, -0.1) is 0 Å². The van der Waals surface area contributed by atoms with Crippen molar-refractivity contribution in [2.45, 2.75) is 52.3 Å². The van der Waals surface area contributed by atoms with Crippen LogP contribution in [0.3, 0.4) is 0 Å². The highest BCUT2D eigenvalue weighted by Gasteiger charge is 2.37. The van der Waals surface area contributed by atoms with E-state index in [1.165, 1.54) is 4.90 Å². The van der Waals surface area contributed by atoms with Crippen molar-refractivity contribution in [2.75, 3.05) is 11.9 Å². The summed E-state index contributed by atoms with van der Waals surface area (Å²) in [5, 5.41) is 0. The largest absolute Gasteiger partial charge is 0.458 e. The van der Waals surface area contributed by atoms with Crippen LogP contribution < -0.4 is 9.64 Å². The van der Waals surface area contributed by atoms with E-state index in [0.717, 1.165) is 11.8 Å². The van der Waals surface area contributed by atoms with Gasteiger partial charge in [-0.1, -0.05) is 26.0 Å². The summed E-state index contributed by atoms with van der Waals surface area (Å²) in [4.78, 5) is 9.15. The van der Waals surface area contributed by atoms with Crippen LogP contribution in [0.4, 0.5) is 24.7 Å². The number of hydrogen-bond donors (Lipinski definition) is 0. The monoisotopic (exact) mass is 367 g/mol. The Labute approximate surface area is 152 Å². The number of alkyl halides is 3. The predicted molar refractivity (Wildman–Crippen MR) is 96.0 cm³/mol. The molecule has 0 bridgehead atoms. The molecular weight excluding hydrogens is 343 g/mol. The van der Waals surface area contributed by atoms with Crippen molar-refractivity contribution in [3.8, 4) is 6.01 Å². The fourth-order valence-corrected chi connectivity index (χ4v) is 2.34. The number of benzene rings is 1. The first kappa shape index (κ1) is 20.0. The summed E-state index contributed by atoms with van der Waals surface area (Å²) >= 11 is 0. The maximum absolute atomic E-state index is 13.4. The third-order valence-electron chi connectivity index (χ3n) is 3.71. The number of anilines is 2. The molecule has 4 nitrogen and oxygen atoms in total. The van der Waals surface area contributed by atoms with Crippen molar-refractivity contribution in [1.82, 2.24) is 9.97 Å². The van der Waals surface area contributed by atoms with E-state index in [4.69, 9.17) is 4.74 Å². The second-order valence-corrected chi connectivity index (χ2v) is 7.41. The minimum atomic E-state index is -4.57. The van der Waals surface area contributed by atoms with Crippen LogP contribution >= 0.6 is 0 Å². The molecule has 0 aliphatic rings. The number of halogens is 3. The maximum Gasteiger partial charge on any atom is 0.421 e. The zero-order chi connectivity index (χ0) is 19.7. The molecule has 0 radical (unpaired) electrons. The molecular formula is C19H24F3N3O. The van der Waals surface area contributed by atoms with E-state index in [0.29, 0.717) is 11.6 Å². The third kappa shape index (κ3) is 4.86. The van der Waals surface area contributed by atoms with Gasteiger partial charge in [-0.3, -0.25) is 0 Å². The van der Waals surface area contributed by atoms with Crippen LogP contribution in [0.5, 0.6) is 6.01 Å². The molecule has 142 valence electrons. The number of ether oxygens (including phenoxy) is 1. The molecule has 7 heteroatoms. The quantitative estimate of drug-likeness (QED) is 0.709. The van der Waals surface area contributed by atoms with E-state index in [-0.39, 0.29) is 11.8 Å². The Bertz CT molecular complexity index is 750. The highest BCUT2D eigenvalue weighted by Crippen LogP contribution is 2.38. The van der Waals surface area contributed by atoms with Crippen LogP contribution in [-0.2, 0) is 6.18 Å². The van der Waals surface area contributed by atoms with Gasteiger partial charge >= 0.3 is 12.2 Å². The van der Waals surface area contributed by atoms with E-state index < -0.39 is 17.3 Å². The predicted octanol–water partition coefficient (Wildman–Crippen LogP) is 5.56. The molecule has 0 spiro atoms. The Kier molecular flexibility index (Phi) is 5.49. The van der Waals surface area contributed by atoms with Gasteiger partial charge in [-0.2, -0.15) is 18.2 Å². The summed E-state index contributed by atoms with van der Waals surface area (Å²) < 4.78 is 45.8. The molecule has 2 rings (SSSR count). The molecule has 0 amide bonds. The average molecular weight is 367 g/mol. The van der Waals surface area contributed by atoms with Crippen LogP contribution in [0, 0.1) is 0 Å². The van der Waals surface area contributed by atoms with Crippen LogP contribution in [-0.4, -0.2) is 22.6 Å². The van der Waals surface area contributed by atoms with Gasteiger partial charge in [0.1, 0.15) is 11.2 Å². The molecule has 0 aliphatic carbocycles. The van der Waals surface area contributed by atoms with Crippen molar-refractivity contribution in [3.63, 3.8) is 0 Å². The topological polar surface area (TPSA) is 38.2 Å². The van der Waals surface area contributed by atoms with Crippen molar-refractivity contribution in [2.24, 2.45) is 0 Å². The molecule has 0 atom stereocenters. The number of hydrogen-bond acceptors (Lipinski definition) is 4.